The minimum atomic E-state index is 0.696. The Morgan fingerprint density at radius 1 is 1.38 bits per heavy atom. The van der Waals surface area contributed by atoms with Crippen molar-refractivity contribution in [3.63, 3.8) is 0 Å². The third kappa shape index (κ3) is 3.08. The van der Waals surface area contributed by atoms with Crippen LogP contribution in [0, 0.1) is 5.92 Å². The quantitative estimate of drug-likeness (QED) is 0.779. The van der Waals surface area contributed by atoms with Gasteiger partial charge in [-0.1, -0.05) is 41.1 Å². The first kappa shape index (κ1) is 12.1. The van der Waals surface area contributed by atoms with Gasteiger partial charge in [0, 0.05) is 16.9 Å². The van der Waals surface area contributed by atoms with E-state index in [9.17, 15) is 0 Å². The molecule has 1 aromatic carbocycles. The van der Waals surface area contributed by atoms with E-state index in [4.69, 9.17) is 0 Å². The summed E-state index contributed by atoms with van der Waals surface area (Å²) in [5.74, 6) is 1.60. The van der Waals surface area contributed by atoms with Crippen LogP contribution < -0.4 is 5.32 Å². The molecule has 0 spiro atoms. The van der Waals surface area contributed by atoms with Crippen molar-refractivity contribution in [3.05, 3.63) is 34.3 Å². The first-order valence-corrected chi connectivity index (χ1v) is 7.07. The summed E-state index contributed by atoms with van der Waals surface area (Å²) in [6, 6.07) is 8.66. The maximum atomic E-state index is 3.67. The molecule has 1 aromatic rings. The minimum Gasteiger partial charge on any atom is -0.316 e. The SMILES string of the molecule is CCCNCC(c1ccccc1Br)C1CC1. The second-order valence-electron chi connectivity index (χ2n) is 4.67. The summed E-state index contributed by atoms with van der Waals surface area (Å²) in [5.41, 5.74) is 1.48. The number of rotatable bonds is 6. The summed E-state index contributed by atoms with van der Waals surface area (Å²) in [6.07, 6.45) is 4.02. The van der Waals surface area contributed by atoms with Crippen LogP contribution in [0.25, 0.3) is 0 Å². The Morgan fingerprint density at radius 3 is 2.75 bits per heavy atom. The highest BCUT2D eigenvalue weighted by atomic mass is 79.9. The van der Waals surface area contributed by atoms with Gasteiger partial charge >= 0.3 is 0 Å². The lowest BCUT2D eigenvalue weighted by atomic mass is 9.94. The third-order valence-corrected chi connectivity index (χ3v) is 4.01. The predicted octanol–water partition coefficient (Wildman–Crippen LogP) is 3.94. The second-order valence-corrected chi connectivity index (χ2v) is 5.52. The molecule has 1 unspecified atom stereocenters. The van der Waals surface area contributed by atoms with Crippen LogP contribution in [0.1, 0.15) is 37.7 Å². The van der Waals surface area contributed by atoms with Crippen LogP contribution in [0.4, 0.5) is 0 Å². The lowest BCUT2D eigenvalue weighted by molar-refractivity contribution is 0.532. The van der Waals surface area contributed by atoms with Crippen molar-refractivity contribution < 1.29 is 0 Å². The first-order valence-electron chi connectivity index (χ1n) is 6.28. The molecule has 0 amide bonds. The molecule has 0 heterocycles. The molecular formula is C14H20BrN. The van der Waals surface area contributed by atoms with E-state index < -0.39 is 0 Å². The lowest BCUT2D eigenvalue weighted by Gasteiger charge is -2.18. The van der Waals surface area contributed by atoms with Gasteiger partial charge in [0.2, 0.25) is 0 Å². The molecule has 2 heteroatoms. The molecule has 1 aliphatic rings. The molecule has 0 bridgehead atoms. The van der Waals surface area contributed by atoms with Crippen molar-refractivity contribution in [2.45, 2.75) is 32.1 Å². The van der Waals surface area contributed by atoms with Crippen molar-refractivity contribution in [2.24, 2.45) is 5.92 Å². The Morgan fingerprint density at radius 2 is 2.12 bits per heavy atom. The van der Waals surface area contributed by atoms with Gasteiger partial charge in [-0.2, -0.15) is 0 Å². The summed E-state index contributed by atoms with van der Waals surface area (Å²) in [5, 5.41) is 3.56. The van der Waals surface area contributed by atoms with Gasteiger partial charge < -0.3 is 5.32 Å². The van der Waals surface area contributed by atoms with Crippen LogP contribution in [-0.2, 0) is 0 Å². The third-order valence-electron chi connectivity index (χ3n) is 3.29. The summed E-state index contributed by atoms with van der Waals surface area (Å²) in [7, 11) is 0. The molecule has 1 nitrogen and oxygen atoms in total. The van der Waals surface area contributed by atoms with Crippen LogP contribution in [0.2, 0.25) is 0 Å². The first-order chi connectivity index (χ1) is 7.83. The van der Waals surface area contributed by atoms with Crippen molar-refractivity contribution in [3.8, 4) is 0 Å². The molecular weight excluding hydrogens is 262 g/mol. The fraction of sp³-hybridized carbons (Fsp3) is 0.571. The van der Waals surface area contributed by atoms with Crippen molar-refractivity contribution in [1.82, 2.24) is 5.32 Å². The van der Waals surface area contributed by atoms with Crippen LogP contribution in [0.3, 0.4) is 0 Å². The van der Waals surface area contributed by atoms with E-state index in [0.29, 0.717) is 5.92 Å². The second kappa shape index (κ2) is 5.83. The van der Waals surface area contributed by atoms with Gasteiger partial charge in [-0.05, 0) is 43.4 Å². The molecule has 0 aliphatic heterocycles. The highest BCUT2D eigenvalue weighted by Crippen LogP contribution is 2.44. The van der Waals surface area contributed by atoms with Gasteiger partial charge in [0.25, 0.3) is 0 Å². The van der Waals surface area contributed by atoms with E-state index in [1.54, 1.807) is 0 Å². The number of hydrogen-bond donors (Lipinski definition) is 1. The Hall–Kier alpha value is -0.340. The normalized spacial score (nSPS) is 17.4. The van der Waals surface area contributed by atoms with Gasteiger partial charge in [0.05, 0.1) is 0 Å². The molecule has 0 radical (unpaired) electrons. The van der Waals surface area contributed by atoms with Crippen molar-refractivity contribution >= 4 is 15.9 Å². The van der Waals surface area contributed by atoms with Crippen molar-refractivity contribution in [1.29, 1.82) is 0 Å². The number of hydrogen-bond acceptors (Lipinski definition) is 1. The largest absolute Gasteiger partial charge is 0.316 e. The number of benzene rings is 1. The van der Waals surface area contributed by atoms with E-state index in [1.165, 1.54) is 29.3 Å². The topological polar surface area (TPSA) is 12.0 Å². The molecule has 88 valence electrons. The predicted molar refractivity (Wildman–Crippen MR) is 72.8 cm³/mol. The van der Waals surface area contributed by atoms with Gasteiger partial charge in [-0.15, -0.1) is 0 Å². The van der Waals surface area contributed by atoms with E-state index in [0.717, 1.165) is 19.0 Å². The highest BCUT2D eigenvalue weighted by molar-refractivity contribution is 9.10. The average Bonchev–Trinajstić information content (AvgIpc) is 3.10. The maximum Gasteiger partial charge on any atom is 0.0210 e. The van der Waals surface area contributed by atoms with Gasteiger partial charge in [-0.3, -0.25) is 0 Å². The van der Waals surface area contributed by atoms with E-state index in [1.807, 2.05) is 0 Å². The van der Waals surface area contributed by atoms with E-state index >= 15 is 0 Å². The summed E-state index contributed by atoms with van der Waals surface area (Å²) >= 11 is 3.67. The zero-order valence-electron chi connectivity index (χ0n) is 9.88. The molecule has 0 saturated heterocycles. The van der Waals surface area contributed by atoms with E-state index in [2.05, 4.69) is 52.4 Å². The van der Waals surface area contributed by atoms with Crippen LogP contribution in [-0.4, -0.2) is 13.1 Å². The molecule has 1 saturated carbocycles. The Kier molecular flexibility index (Phi) is 4.42. The average molecular weight is 282 g/mol. The molecule has 0 aromatic heterocycles. The standard InChI is InChI=1S/C14H20BrN/c1-2-9-16-10-13(11-7-8-11)12-5-3-4-6-14(12)15/h3-6,11,13,16H,2,7-10H2,1H3. The molecule has 1 N–H and O–H groups in total. The van der Waals surface area contributed by atoms with Crippen molar-refractivity contribution in [2.75, 3.05) is 13.1 Å². The van der Waals surface area contributed by atoms with Crippen LogP contribution in [0.5, 0.6) is 0 Å². The number of halogens is 1. The van der Waals surface area contributed by atoms with Gasteiger partial charge in [-0.25, -0.2) is 0 Å². The molecule has 1 fully saturated rings. The number of nitrogens with one attached hydrogen (secondary N) is 1. The Bertz CT molecular complexity index is 333. The summed E-state index contributed by atoms with van der Waals surface area (Å²) in [6.45, 7) is 4.48. The van der Waals surface area contributed by atoms with Gasteiger partial charge in [0.15, 0.2) is 0 Å². The smallest absolute Gasteiger partial charge is 0.0210 e. The molecule has 16 heavy (non-hydrogen) atoms. The molecule has 1 atom stereocenters. The lowest BCUT2D eigenvalue weighted by Crippen LogP contribution is -2.23. The van der Waals surface area contributed by atoms with E-state index in [-0.39, 0.29) is 0 Å². The Labute approximate surface area is 107 Å². The minimum absolute atomic E-state index is 0.696. The molecule has 1 aliphatic carbocycles. The maximum absolute atomic E-state index is 3.67. The van der Waals surface area contributed by atoms with Crippen LogP contribution >= 0.6 is 15.9 Å². The summed E-state index contributed by atoms with van der Waals surface area (Å²) in [4.78, 5) is 0. The van der Waals surface area contributed by atoms with Crippen LogP contribution in [0.15, 0.2) is 28.7 Å². The molecule has 2 rings (SSSR count). The zero-order valence-corrected chi connectivity index (χ0v) is 11.5. The van der Waals surface area contributed by atoms with Gasteiger partial charge in [0.1, 0.15) is 0 Å². The highest BCUT2D eigenvalue weighted by Gasteiger charge is 2.32. The summed E-state index contributed by atoms with van der Waals surface area (Å²) < 4.78 is 1.27. The fourth-order valence-corrected chi connectivity index (χ4v) is 2.82. The monoisotopic (exact) mass is 281 g/mol. The zero-order chi connectivity index (χ0) is 11.4. The Balaban J connectivity index is 2.04. The fourth-order valence-electron chi connectivity index (χ4n) is 2.24.